The van der Waals surface area contributed by atoms with Crippen LogP contribution in [-0.2, 0) is 18.6 Å². The van der Waals surface area contributed by atoms with Gasteiger partial charge < -0.3 is 0 Å². The Morgan fingerprint density at radius 2 is 2.67 bits per heavy atom. The van der Waals surface area contributed by atoms with Crippen molar-refractivity contribution in [3.05, 3.63) is 34.8 Å². The van der Waals surface area contributed by atoms with E-state index in [1.165, 1.54) is 11.2 Å². The predicted molar refractivity (Wildman–Crippen MR) is 36.8 cm³/mol. The van der Waals surface area contributed by atoms with Crippen molar-refractivity contribution in [3.63, 3.8) is 0 Å². The topological polar surface area (TPSA) is 0 Å². The Kier molecular flexibility index (Phi) is 3.00. The van der Waals surface area contributed by atoms with Gasteiger partial charge in [-0.25, -0.2) is 0 Å². The van der Waals surface area contributed by atoms with Crippen molar-refractivity contribution < 1.29 is 18.6 Å². The number of rotatable bonds is 3. The fourth-order valence-electron chi connectivity index (χ4n) is 0.619. The molecule has 0 atom stereocenters. The van der Waals surface area contributed by atoms with Crippen LogP contribution in [0.5, 0.6) is 0 Å². The van der Waals surface area contributed by atoms with Crippen LogP contribution < -0.4 is 0 Å². The zero-order chi connectivity index (χ0) is 6.53. The molecule has 1 aliphatic rings. The molecule has 0 saturated heterocycles. The molecule has 0 spiro atoms. The van der Waals surface area contributed by atoms with Gasteiger partial charge in [-0.1, -0.05) is 0 Å². The van der Waals surface area contributed by atoms with E-state index >= 15 is 0 Å². The minimum absolute atomic E-state index is 0.293. The first-order valence-electron chi connectivity index (χ1n) is 2.92. The molecule has 0 aromatic heterocycles. The van der Waals surface area contributed by atoms with E-state index in [4.69, 9.17) is 0 Å². The van der Waals surface area contributed by atoms with E-state index in [0.29, 0.717) is 18.6 Å². The van der Waals surface area contributed by atoms with Gasteiger partial charge in [-0.2, -0.15) is 0 Å². The van der Waals surface area contributed by atoms with Gasteiger partial charge in [0.05, 0.1) is 0 Å². The molecule has 0 N–H and O–H groups in total. The third-order valence-corrected chi connectivity index (χ3v) is 4.00. The summed E-state index contributed by atoms with van der Waals surface area (Å²) < 4.78 is 1.65. The van der Waals surface area contributed by atoms with Gasteiger partial charge in [0.25, 0.3) is 0 Å². The summed E-state index contributed by atoms with van der Waals surface area (Å²) in [5, 5.41) is 0. The molecule has 1 heteroatoms. The molecule has 0 amide bonds. The van der Waals surface area contributed by atoms with E-state index in [0.717, 1.165) is 0 Å². The third kappa shape index (κ3) is 2.32. The summed E-state index contributed by atoms with van der Waals surface area (Å²) in [6, 6.07) is 0. The Labute approximate surface area is 64.9 Å². The third-order valence-electron chi connectivity index (χ3n) is 1.00. The monoisotopic (exact) mass is 301 g/mol. The maximum absolute atomic E-state index is 3.70. The summed E-state index contributed by atoms with van der Waals surface area (Å²) >= 11 is 0.293. The molecule has 1 aliphatic carbocycles. The van der Waals surface area contributed by atoms with Crippen LogP contribution in [-0.4, -0.2) is 0 Å². The van der Waals surface area contributed by atoms with Crippen LogP contribution in [0.2, 0.25) is 4.81 Å². The standard InChI is InChI=1S/C5H5.C3H5.Pt/c1-2-4-5-3-1;1-3-2;/h1-3H,4H2;3H,1-2H2;. The average Bonchev–Trinajstić information content (AvgIpc) is 2.34. The normalized spacial score (nSPS) is 16.2. The van der Waals surface area contributed by atoms with Gasteiger partial charge in [0, 0.05) is 0 Å². The fraction of sp³-hybridized carbons (Fsp3) is 0.250. The first kappa shape index (κ1) is 7.02. The van der Waals surface area contributed by atoms with Crippen LogP contribution in [0.1, 0.15) is 6.42 Å². The number of hydrogen-bond acceptors (Lipinski definition) is 0. The van der Waals surface area contributed by atoms with Crippen molar-refractivity contribution in [2.45, 2.75) is 11.2 Å². The van der Waals surface area contributed by atoms with Gasteiger partial charge in [0.15, 0.2) is 0 Å². The summed E-state index contributed by atoms with van der Waals surface area (Å²) in [5.41, 5.74) is 0. The molecule has 0 unspecified atom stereocenters. The Hall–Kier alpha value is -0.0917. The van der Waals surface area contributed by atoms with Crippen molar-refractivity contribution in [3.8, 4) is 0 Å². The zero-order valence-corrected chi connectivity index (χ0v) is 7.52. The molecule has 52 valence electrons. The Morgan fingerprint density at radius 1 is 1.78 bits per heavy atom. The molecule has 0 heterocycles. The van der Waals surface area contributed by atoms with Gasteiger partial charge in [0.2, 0.25) is 0 Å². The van der Waals surface area contributed by atoms with Crippen molar-refractivity contribution in [2.75, 3.05) is 0 Å². The molecular weight excluding hydrogens is 291 g/mol. The molecular formula is C8H10Pt. The van der Waals surface area contributed by atoms with Crippen LogP contribution in [0.15, 0.2) is 34.8 Å². The Balaban J connectivity index is 2.21. The maximum atomic E-state index is 3.70. The van der Waals surface area contributed by atoms with Crippen LogP contribution in [0, 0.1) is 0 Å². The molecule has 0 aliphatic heterocycles. The van der Waals surface area contributed by atoms with E-state index in [1.54, 1.807) is 3.96 Å². The summed E-state index contributed by atoms with van der Waals surface area (Å²) in [7, 11) is 0. The molecule has 0 bridgehead atoms. The van der Waals surface area contributed by atoms with Crippen molar-refractivity contribution >= 4 is 0 Å². The second-order valence-corrected chi connectivity index (χ2v) is 4.93. The van der Waals surface area contributed by atoms with Crippen molar-refractivity contribution in [1.82, 2.24) is 0 Å². The summed E-state index contributed by atoms with van der Waals surface area (Å²) in [6.07, 6.45) is 9.85. The second-order valence-electron chi connectivity index (χ2n) is 1.74. The zero-order valence-electron chi connectivity index (χ0n) is 5.25. The molecule has 0 saturated carbocycles. The van der Waals surface area contributed by atoms with Gasteiger partial charge in [0.1, 0.15) is 0 Å². The van der Waals surface area contributed by atoms with Crippen LogP contribution in [0.3, 0.4) is 0 Å². The van der Waals surface area contributed by atoms with E-state index in [1.807, 2.05) is 6.08 Å². The number of hydrogen-bond donors (Lipinski definition) is 0. The molecule has 1 rings (SSSR count). The van der Waals surface area contributed by atoms with E-state index in [2.05, 4.69) is 24.8 Å². The van der Waals surface area contributed by atoms with Crippen LogP contribution >= 0.6 is 0 Å². The SMILES string of the molecule is C=C[CH2][Pt][C]1=CC=CC1. The predicted octanol–water partition coefficient (Wildman–Crippen LogP) is 2.52. The van der Waals surface area contributed by atoms with Crippen LogP contribution in [0.4, 0.5) is 0 Å². The van der Waals surface area contributed by atoms with E-state index < -0.39 is 0 Å². The summed E-state index contributed by atoms with van der Waals surface area (Å²) in [4.78, 5) is 1.23. The summed E-state index contributed by atoms with van der Waals surface area (Å²) in [6.45, 7) is 3.70. The average molecular weight is 301 g/mol. The van der Waals surface area contributed by atoms with Crippen molar-refractivity contribution in [1.29, 1.82) is 0 Å². The van der Waals surface area contributed by atoms with E-state index in [9.17, 15) is 0 Å². The summed E-state index contributed by atoms with van der Waals surface area (Å²) in [5.74, 6) is 0. The fourth-order valence-corrected chi connectivity index (χ4v) is 2.63. The quantitative estimate of drug-likeness (QED) is 0.703. The van der Waals surface area contributed by atoms with Gasteiger partial charge in [-0.15, -0.1) is 0 Å². The van der Waals surface area contributed by atoms with Gasteiger partial charge in [-0.05, 0) is 0 Å². The first-order valence-corrected chi connectivity index (χ1v) is 5.66. The molecule has 0 aromatic carbocycles. The minimum atomic E-state index is 0.293. The molecule has 0 radical (unpaired) electrons. The van der Waals surface area contributed by atoms with Gasteiger partial charge in [-0.3, -0.25) is 0 Å². The molecule has 0 fully saturated rings. The number of allylic oxidation sites excluding steroid dienone is 5. The molecule has 9 heavy (non-hydrogen) atoms. The molecule has 0 aromatic rings. The Bertz CT molecular complexity index is 154. The van der Waals surface area contributed by atoms with Gasteiger partial charge >= 0.3 is 64.6 Å². The second kappa shape index (κ2) is 3.84. The first-order chi connectivity index (χ1) is 4.43. The van der Waals surface area contributed by atoms with E-state index in [-0.39, 0.29) is 0 Å². The Morgan fingerprint density at radius 3 is 3.22 bits per heavy atom. The van der Waals surface area contributed by atoms with Crippen molar-refractivity contribution in [2.24, 2.45) is 0 Å². The van der Waals surface area contributed by atoms with Crippen LogP contribution in [0.25, 0.3) is 0 Å². The molecule has 0 nitrogen and oxygen atoms in total.